The summed E-state index contributed by atoms with van der Waals surface area (Å²) >= 11 is 1.58. The molecule has 0 spiro atoms. The van der Waals surface area contributed by atoms with Crippen molar-refractivity contribution in [1.82, 2.24) is 20.2 Å². The predicted octanol–water partition coefficient (Wildman–Crippen LogP) is 3.45. The Bertz CT molecular complexity index is 773. The van der Waals surface area contributed by atoms with E-state index in [2.05, 4.69) is 47.6 Å². The van der Waals surface area contributed by atoms with Crippen molar-refractivity contribution in [3.63, 3.8) is 0 Å². The highest BCUT2D eigenvalue weighted by atomic mass is 32.2. The van der Waals surface area contributed by atoms with Gasteiger partial charge in [-0.25, -0.2) is 0 Å². The molecule has 0 aliphatic heterocycles. The number of hydrogen-bond acceptors (Lipinski definition) is 5. The molecule has 23 heavy (non-hydrogen) atoms. The van der Waals surface area contributed by atoms with Crippen LogP contribution in [0.25, 0.3) is 5.69 Å². The molecule has 0 aliphatic carbocycles. The van der Waals surface area contributed by atoms with E-state index in [4.69, 9.17) is 4.74 Å². The zero-order valence-electron chi connectivity index (χ0n) is 13.1. The second kappa shape index (κ2) is 7.28. The second-order valence-electron chi connectivity index (χ2n) is 5.17. The monoisotopic (exact) mass is 326 g/mol. The quantitative estimate of drug-likeness (QED) is 0.513. The number of ether oxygens (including phenoxy) is 1. The van der Waals surface area contributed by atoms with Crippen LogP contribution in [0.1, 0.15) is 11.1 Å². The molecule has 3 rings (SSSR count). The highest BCUT2D eigenvalue weighted by molar-refractivity contribution is 7.99. The van der Waals surface area contributed by atoms with Crippen molar-refractivity contribution in [3.05, 3.63) is 59.7 Å². The Labute approximate surface area is 139 Å². The van der Waals surface area contributed by atoms with Gasteiger partial charge in [0.05, 0.1) is 12.3 Å². The summed E-state index contributed by atoms with van der Waals surface area (Å²) in [6, 6.07) is 16.1. The van der Waals surface area contributed by atoms with E-state index in [-0.39, 0.29) is 0 Å². The molecular formula is C17H18N4OS. The first-order valence-corrected chi connectivity index (χ1v) is 8.39. The molecule has 1 heterocycles. The Morgan fingerprint density at radius 3 is 2.74 bits per heavy atom. The molecule has 0 bridgehead atoms. The van der Waals surface area contributed by atoms with E-state index >= 15 is 0 Å². The number of thioether (sulfide) groups is 1. The third-order valence-electron chi connectivity index (χ3n) is 3.36. The van der Waals surface area contributed by atoms with Crippen molar-refractivity contribution in [3.8, 4) is 11.4 Å². The van der Waals surface area contributed by atoms with Crippen LogP contribution in [0.15, 0.2) is 53.7 Å². The first kappa shape index (κ1) is 15.6. The number of aryl methyl sites for hydroxylation is 2. The van der Waals surface area contributed by atoms with E-state index in [1.54, 1.807) is 16.4 Å². The molecule has 0 saturated carbocycles. The molecule has 0 fully saturated rings. The summed E-state index contributed by atoms with van der Waals surface area (Å²) in [4.78, 5) is 0. The standard InChI is InChI=1S/C17H18N4OS/c1-13-8-9-14(2)16(12-13)22-10-11-23-17-18-19-20-21(17)15-6-4-3-5-7-15/h3-9,12H,10-11H2,1-2H3. The molecule has 0 saturated heterocycles. The maximum atomic E-state index is 5.86. The minimum Gasteiger partial charge on any atom is -0.492 e. The Hall–Kier alpha value is -2.34. The number of nitrogens with zero attached hydrogens (tertiary/aromatic N) is 4. The third-order valence-corrected chi connectivity index (χ3v) is 4.24. The molecule has 0 radical (unpaired) electrons. The summed E-state index contributed by atoms with van der Waals surface area (Å²) in [5, 5.41) is 12.6. The maximum absolute atomic E-state index is 5.86. The van der Waals surface area contributed by atoms with Crippen LogP contribution in [-0.2, 0) is 0 Å². The number of benzene rings is 2. The van der Waals surface area contributed by atoms with Crippen LogP contribution in [0.4, 0.5) is 0 Å². The summed E-state index contributed by atoms with van der Waals surface area (Å²) in [5.74, 6) is 1.72. The van der Waals surface area contributed by atoms with Crippen molar-refractivity contribution in [2.24, 2.45) is 0 Å². The highest BCUT2D eigenvalue weighted by Crippen LogP contribution is 2.21. The minimum atomic E-state index is 0.608. The van der Waals surface area contributed by atoms with Crippen molar-refractivity contribution in [1.29, 1.82) is 0 Å². The number of para-hydroxylation sites is 1. The van der Waals surface area contributed by atoms with Crippen molar-refractivity contribution in [2.75, 3.05) is 12.4 Å². The van der Waals surface area contributed by atoms with Gasteiger partial charge in [-0.1, -0.05) is 42.1 Å². The lowest BCUT2D eigenvalue weighted by atomic mass is 10.1. The van der Waals surface area contributed by atoms with E-state index in [9.17, 15) is 0 Å². The molecule has 0 aliphatic rings. The van der Waals surface area contributed by atoms with Crippen LogP contribution in [0.3, 0.4) is 0 Å². The zero-order valence-corrected chi connectivity index (χ0v) is 14.0. The van der Waals surface area contributed by atoms with Crippen LogP contribution in [-0.4, -0.2) is 32.6 Å². The molecule has 0 amide bonds. The van der Waals surface area contributed by atoms with Gasteiger partial charge in [0, 0.05) is 5.75 Å². The minimum absolute atomic E-state index is 0.608. The molecule has 118 valence electrons. The van der Waals surface area contributed by atoms with Gasteiger partial charge in [-0.15, -0.1) is 5.10 Å². The first-order chi connectivity index (χ1) is 11.2. The fraction of sp³-hybridized carbons (Fsp3) is 0.235. The lowest BCUT2D eigenvalue weighted by Crippen LogP contribution is -2.04. The summed E-state index contributed by atoms with van der Waals surface area (Å²) in [7, 11) is 0. The fourth-order valence-electron chi connectivity index (χ4n) is 2.15. The molecule has 0 unspecified atom stereocenters. The SMILES string of the molecule is Cc1ccc(C)c(OCCSc2nnnn2-c2ccccc2)c1. The van der Waals surface area contributed by atoms with E-state index in [0.29, 0.717) is 6.61 Å². The summed E-state index contributed by atoms with van der Waals surface area (Å²) in [6.07, 6.45) is 0. The lowest BCUT2D eigenvalue weighted by molar-refractivity contribution is 0.341. The van der Waals surface area contributed by atoms with E-state index < -0.39 is 0 Å². The molecule has 0 N–H and O–H groups in total. The van der Waals surface area contributed by atoms with Gasteiger partial charge in [-0.2, -0.15) is 4.68 Å². The van der Waals surface area contributed by atoms with Crippen LogP contribution in [0, 0.1) is 13.8 Å². The van der Waals surface area contributed by atoms with Crippen LogP contribution in [0.2, 0.25) is 0 Å². The topological polar surface area (TPSA) is 52.8 Å². The molecule has 0 atom stereocenters. The first-order valence-electron chi connectivity index (χ1n) is 7.41. The van der Waals surface area contributed by atoms with Gasteiger partial charge in [0.15, 0.2) is 0 Å². The van der Waals surface area contributed by atoms with Gasteiger partial charge < -0.3 is 4.74 Å². The maximum Gasteiger partial charge on any atom is 0.214 e. The summed E-state index contributed by atoms with van der Waals surface area (Å²) in [6.45, 7) is 4.73. The summed E-state index contributed by atoms with van der Waals surface area (Å²) in [5.41, 5.74) is 3.30. The lowest BCUT2D eigenvalue weighted by Gasteiger charge is -2.09. The molecule has 5 nitrogen and oxygen atoms in total. The van der Waals surface area contributed by atoms with Gasteiger partial charge in [0.2, 0.25) is 5.16 Å². The number of rotatable bonds is 6. The largest absolute Gasteiger partial charge is 0.492 e. The van der Waals surface area contributed by atoms with E-state index in [0.717, 1.165) is 27.9 Å². The van der Waals surface area contributed by atoms with E-state index in [1.165, 1.54) is 5.56 Å². The van der Waals surface area contributed by atoms with Crippen LogP contribution in [0.5, 0.6) is 5.75 Å². The third kappa shape index (κ3) is 3.90. The number of tetrazole rings is 1. The average Bonchev–Trinajstić information content (AvgIpc) is 3.04. The van der Waals surface area contributed by atoms with Crippen molar-refractivity contribution < 1.29 is 4.74 Å². The van der Waals surface area contributed by atoms with Crippen LogP contribution >= 0.6 is 11.8 Å². The predicted molar refractivity (Wildman–Crippen MR) is 91.3 cm³/mol. The zero-order chi connectivity index (χ0) is 16.1. The van der Waals surface area contributed by atoms with Gasteiger partial charge in [-0.05, 0) is 53.6 Å². The smallest absolute Gasteiger partial charge is 0.214 e. The van der Waals surface area contributed by atoms with Crippen molar-refractivity contribution in [2.45, 2.75) is 19.0 Å². The number of hydrogen-bond donors (Lipinski definition) is 0. The molecule has 2 aromatic carbocycles. The summed E-state index contributed by atoms with van der Waals surface area (Å²) < 4.78 is 7.60. The Morgan fingerprint density at radius 1 is 1.09 bits per heavy atom. The molecule has 3 aromatic rings. The Balaban J connectivity index is 1.58. The van der Waals surface area contributed by atoms with Crippen molar-refractivity contribution >= 4 is 11.8 Å². The Morgan fingerprint density at radius 2 is 1.91 bits per heavy atom. The van der Waals surface area contributed by atoms with E-state index in [1.807, 2.05) is 30.3 Å². The van der Waals surface area contributed by atoms with Gasteiger partial charge in [0.1, 0.15) is 5.75 Å². The molecule has 6 heteroatoms. The molecule has 1 aromatic heterocycles. The van der Waals surface area contributed by atoms with Gasteiger partial charge in [0.25, 0.3) is 0 Å². The number of aromatic nitrogens is 4. The fourth-order valence-corrected chi connectivity index (χ4v) is 2.86. The van der Waals surface area contributed by atoms with Gasteiger partial charge in [-0.3, -0.25) is 0 Å². The van der Waals surface area contributed by atoms with Gasteiger partial charge >= 0.3 is 0 Å². The molecular weight excluding hydrogens is 308 g/mol. The highest BCUT2D eigenvalue weighted by Gasteiger charge is 2.08. The second-order valence-corrected chi connectivity index (χ2v) is 6.24. The normalized spacial score (nSPS) is 10.7. The Kier molecular flexibility index (Phi) is 4.92. The average molecular weight is 326 g/mol. The van der Waals surface area contributed by atoms with Crippen LogP contribution < -0.4 is 4.74 Å².